The van der Waals surface area contributed by atoms with Crippen molar-refractivity contribution in [3.63, 3.8) is 0 Å². The summed E-state index contributed by atoms with van der Waals surface area (Å²) in [6.07, 6.45) is -0.291. The molecule has 82 valence electrons. The molecule has 0 aliphatic rings. The van der Waals surface area contributed by atoms with Crippen molar-refractivity contribution in [2.75, 3.05) is 7.11 Å². The number of benzene rings is 1. The van der Waals surface area contributed by atoms with Gasteiger partial charge in [0.05, 0.1) is 7.11 Å². The molecule has 0 fully saturated rings. The number of methoxy groups -OCH3 is 1. The normalized spacial score (nSPS) is 10.1. The first kappa shape index (κ1) is 11.6. The molecule has 1 rings (SSSR count). The lowest BCUT2D eigenvalue weighted by Crippen LogP contribution is -2.05. The van der Waals surface area contributed by atoms with Crippen LogP contribution in [0.5, 0.6) is 0 Å². The first-order chi connectivity index (χ1) is 7.04. The molecule has 0 N–H and O–H groups in total. The largest absolute Gasteiger partial charge is 0.469 e. The minimum Gasteiger partial charge on any atom is -0.469 e. The smallest absolute Gasteiger partial charge is 0.305 e. The molecule has 0 aliphatic heterocycles. The number of ether oxygens (including phenoxy) is 1. The van der Waals surface area contributed by atoms with Crippen molar-refractivity contribution >= 4 is 5.97 Å². The highest BCUT2D eigenvalue weighted by Crippen LogP contribution is 2.16. The molecule has 5 heteroatoms. The zero-order valence-electron chi connectivity index (χ0n) is 8.02. The lowest BCUT2D eigenvalue weighted by Gasteiger charge is -2.04. The van der Waals surface area contributed by atoms with Gasteiger partial charge in [0.25, 0.3) is 0 Å². The van der Waals surface area contributed by atoms with Crippen LogP contribution in [0.4, 0.5) is 13.2 Å². The van der Waals surface area contributed by atoms with Crippen LogP contribution in [0.2, 0.25) is 0 Å². The lowest BCUT2D eigenvalue weighted by molar-refractivity contribution is -0.140. The Bertz CT molecular complexity index is 354. The van der Waals surface area contributed by atoms with Gasteiger partial charge in [-0.15, -0.1) is 0 Å². The number of carbonyl (C=O) groups is 1. The zero-order valence-corrected chi connectivity index (χ0v) is 8.02. The van der Waals surface area contributed by atoms with Crippen LogP contribution < -0.4 is 0 Å². The molecular weight excluding hydrogens is 209 g/mol. The number of rotatable bonds is 3. The van der Waals surface area contributed by atoms with Gasteiger partial charge in [0, 0.05) is 24.1 Å². The number of halogens is 3. The molecule has 0 aliphatic carbocycles. The highest BCUT2D eigenvalue weighted by Gasteiger charge is 2.12. The van der Waals surface area contributed by atoms with Gasteiger partial charge in [-0.05, 0) is 6.42 Å². The van der Waals surface area contributed by atoms with Gasteiger partial charge in [-0.25, -0.2) is 13.2 Å². The molecule has 0 atom stereocenters. The molecule has 15 heavy (non-hydrogen) atoms. The molecule has 0 unspecified atom stereocenters. The summed E-state index contributed by atoms with van der Waals surface area (Å²) in [7, 11) is 1.18. The van der Waals surface area contributed by atoms with Gasteiger partial charge in [0.1, 0.15) is 17.5 Å². The van der Waals surface area contributed by atoms with Gasteiger partial charge in [-0.1, -0.05) is 0 Å². The number of carbonyl (C=O) groups excluding carboxylic acids is 1. The Morgan fingerprint density at radius 1 is 1.27 bits per heavy atom. The Labute approximate surface area is 84.7 Å². The molecule has 2 nitrogen and oxygen atoms in total. The maximum atomic E-state index is 13.0. The van der Waals surface area contributed by atoms with Crippen molar-refractivity contribution in [1.29, 1.82) is 0 Å². The second kappa shape index (κ2) is 4.82. The van der Waals surface area contributed by atoms with Crippen LogP contribution in [-0.4, -0.2) is 13.1 Å². The van der Waals surface area contributed by atoms with Crippen LogP contribution >= 0.6 is 0 Å². The van der Waals surface area contributed by atoms with Gasteiger partial charge in [-0.3, -0.25) is 4.79 Å². The number of esters is 1. The number of hydrogen-bond acceptors (Lipinski definition) is 2. The van der Waals surface area contributed by atoms with Crippen molar-refractivity contribution in [3.05, 3.63) is 35.1 Å². The third-order valence-electron chi connectivity index (χ3n) is 1.91. The molecule has 0 saturated heterocycles. The Balaban J connectivity index is 2.81. The standard InChI is InChI=1S/C10H9F3O2/c1-15-10(14)3-2-7-8(12)4-6(11)5-9(7)13/h4-5H,2-3H2,1H3. The van der Waals surface area contributed by atoms with Crippen LogP contribution in [0.25, 0.3) is 0 Å². The van der Waals surface area contributed by atoms with Crippen molar-refractivity contribution in [1.82, 2.24) is 0 Å². The maximum Gasteiger partial charge on any atom is 0.305 e. The Morgan fingerprint density at radius 2 is 1.80 bits per heavy atom. The Morgan fingerprint density at radius 3 is 2.27 bits per heavy atom. The average Bonchev–Trinajstić information content (AvgIpc) is 2.15. The zero-order chi connectivity index (χ0) is 11.4. The predicted molar refractivity (Wildman–Crippen MR) is 46.7 cm³/mol. The summed E-state index contributed by atoms with van der Waals surface area (Å²) in [5.41, 5.74) is -0.304. The fourth-order valence-electron chi connectivity index (χ4n) is 1.14. The van der Waals surface area contributed by atoms with Gasteiger partial charge < -0.3 is 4.74 Å². The molecule has 0 saturated carbocycles. The number of hydrogen-bond donors (Lipinski definition) is 0. The Hall–Kier alpha value is -1.52. The van der Waals surface area contributed by atoms with Crippen LogP contribution in [-0.2, 0) is 16.0 Å². The van der Waals surface area contributed by atoms with E-state index in [0.29, 0.717) is 12.1 Å². The molecule has 0 spiro atoms. The summed E-state index contributed by atoms with van der Waals surface area (Å²) in [5.74, 6) is -3.53. The van der Waals surface area contributed by atoms with Crippen molar-refractivity contribution in [2.24, 2.45) is 0 Å². The highest BCUT2D eigenvalue weighted by molar-refractivity contribution is 5.69. The highest BCUT2D eigenvalue weighted by atomic mass is 19.1. The van der Waals surface area contributed by atoms with Crippen LogP contribution in [0.15, 0.2) is 12.1 Å². The molecule has 0 aromatic heterocycles. The van der Waals surface area contributed by atoms with E-state index in [1.165, 1.54) is 7.11 Å². The SMILES string of the molecule is COC(=O)CCc1c(F)cc(F)cc1F. The second-order valence-electron chi connectivity index (χ2n) is 2.92. The topological polar surface area (TPSA) is 26.3 Å². The van der Waals surface area contributed by atoms with E-state index in [2.05, 4.69) is 4.74 Å². The molecule has 0 radical (unpaired) electrons. The van der Waals surface area contributed by atoms with E-state index in [9.17, 15) is 18.0 Å². The van der Waals surface area contributed by atoms with Crippen LogP contribution in [0, 0.1) is 17.5 Å². The van der Waals surface area contributed by atoms with Crippen molar-refractivity contribution in [2.45, 2.75) is 12.8 Å². The lowest BCUT2D eigenvalue weighted by atomic mass is 10.1. The Kier molecular flexibility index (Phi) is 3.71. The molecule has 0 heterocycles. The van der Waals surface area contributed by atoms with E-state index in [1.807, 2.05) is 0 Å². The molecule has 0 amide bonds. The van der Waals surface area contributed by atoms with Crippen molar-refractivity contribution in [3.8, 4) is 0 Å². The first-order valence-corrected chi connectivity index (χ1v) is 4.25. The van der Waals surface area contributed by atoms with E-state index < -0.39 is 23.4 Å². The predicted octanol–water partition coefficient (Wildman–Crippen LogP) is 2.21. The first-order valence-electron chi connectivity index (χ1n) is 4.25. The van der Waals surface area contributed by atoms with E-state index in [-0.39, 0.29) is 18.4 Å². The minimum atomic E-state index is -0.989. The third kappa shape index (κ3) is 2.97. The van der Waals surface area contributed by atoms with Gasteiger partial charge in [-0.2, -0.15) is 0 Å². The second-order valence-corrected chi connectivity index (χ2v) is 2.92. The third-order valence-corrected chi connectivity index (χ3v) is 1.91. The van der Waals surface area contributed by atoms with Gasteiger partial charge in [0.2, 0.25) is 0 Å². The maximum absolute atomic E-state index is 13.0. The summed E-state index contributed by atoms with van der Waals surface area (Å²) >= 11 is 0. The van der Waals surface area contributed by atoms with Crippen molar-refractivity contribution < 1.29 is 22.7 Å². The fourth-order valence-corrected chi connectivity index (χ4v) is 1.14. The molecular formula is C10H9F3O2. The van der Waals surface area contributed by atoms with Crippen LogP contribution in [0.3, 0.4) is 0 Å². The molecule has 1 aromatic rings. The van der Waals surface area contributed by atoms with E-state index >= 15 is 0 Å². The fraction of sp³-hybridized carbons (Fsp3) is 0.300. The van der Waals surface area contributed by atoms with Crippen LogP contribution in [0.1, 0.15) is 12.0 Å². The van der Waals surface area contributed by atoms with E-state index in [4.69, 9.17) is 0 Å². The summed E-state index contributed by atoms with van der Waals surface area (Å²) in [6.45, 7) is 0. The minimum absolute atomic E-state index is 0.143. The summed E-state index contributed by atoms with van der Waals surface area (Å²) < 4.78 is 42.9. The van der Waals surface area contributed by atoms with E-state index in [0.717, 1.165) is 0 Å². The van der Waals surface area contributed by atoms with Gasteiger partial charge in [0.15, 0.2) is 0 Å². The molecule has 0 bridgehead atoms. The molecule has 1 aromatic carbocycles. The quantitative estimate of drug-likeness (QED) is 0.727. The summed E-state index contributed by atoms with van der Waals surface area (Å²) in [6, 6.07) is 1.16. The monoisotopic (exact) mass is 218 g/mol. The summed E-state index contributed by atoms with van der Waals surface area (Å²) in [5, 5.41) is 0. The average molecular weight is 218 g/mol. The summed E-state index contributed by atoms with van der Waals surface area (Å²) in [4.78, 5) is 10.7. The van der Waals surface area contributed by atoms with Gasteiger partial charge >= 0.3 is 5.97 Å². The van der Waals surface area contributed by atoms with E-state index in [1.54, 1.807) is 0 Å².